The van der Waals surface area contributed by atoms with Crippen molar-refractivity contribution in [2.75, 3.05) is 0 Å². The van der Waals surface area contributed by atoms with Gasteiger partial charge in [-0.1, -0.05) is 26.0 Å². The lowest BCUT2D eigenvalue weighted by molar-refractivity contribution is 0.0308. The van der Waals surface area contributed by atoms with Crippen LogP contribution in [0.25, 0.3) is 0 Å². The maximum Gasteiger partial charge on any atom is 0.339 e. The van der Waals surface area contributed by atoms with E-state index in [1.165, 1.54) is 12.1 Å². The van der Waals surface area contributed by atoms with Gasteiger partial charge in [0.1, 0.15) is 0 Å². The average molecular weight is 264 g/mol. The van der Waals surface area contributed by atoms with Crippen molar-refractivity contribution < 1.29 is 19.4 Å². The molecule has 1 aromatic carbocycles. The largest absolute Gasteiger partial charge is 0.478 e. The third-order valence-electron chi connectivity index (χ3n) is 2.84. The molecule has 0 aliphatic rings. The first-order chi connectivity index (χ1) is 8.91. The molecule has 0 saturated heterocycles. The molecule has 1 unspecified atom stereocenters. The molecular weight excluding hydrogens is 244 g/mol. The summed E-state index contributed by atoms with van der Waals surface area (Å²) >= 11 is 0. The monoisotopic (exact) mass is 264 g/mol. The Labute approximate surface area is 113 Å². The Kier molecular flexibility index (Phi) is 5.55. The standard InChI is InChI=1S/C15H20O4/c1-10(2)8-9-11(3)19-15(18)13-7-5-4-6-12(13)14(16)17/h4-7,10-11H,8-9H2,1-3H3,(H,16,17). The Morgan fingerprint density at radius 3 is 2.21 bits per heavy atom. The number of ether oxygens (including phenoxy) is 1. The molecular formula is C15H20O4. The van der Waals surface area contributed by atoms with Crippen LogP contribution in [0, 0.1) is 5.92 Å². The molecule has 1 aromatic rings. The lowest BCUT2D eigenvalue weighted by atomic mass is 10.1. The number of benzene rings is 1. The van der Waals surface area contributed by atoms with Gasteiger partial charge in [0.25, 0.3) is 0 Å². The average Bonchev–Trinajstić information content (AvgIpc) is 2.36. The third-order valence-corrected chi connectivity index (χ3v) is 2.84. The molecule has 0 aromatic heterocycles. The molecule has 104 valence electrons. The van der Waals surface area contributed by atoms with Crippen molar-refractivity contribution in [1.82, 2.24) is 0 Å². The van der Waals surface area contributed by atoms with Crippen LogP contribution in [0.5, 0.6) is 0 Å². The maximum atomic E-state index is 11.9. The van der Waals surface area contributed by atoms with Crippen molar-refractivity contribution >= 4 is 11.9 Å². The summed E-state index contributed by atoms with van der Waals surface area (Å²) in [6.45, 7) is 6.03. The topological polar surface area (TPSA) is 63.6 Å². The highest BCUT2D eigenvalue weighted by molar-refractivity contribution is 6.02. The second kappa shape index (κ2) is 6.92. The summed E-state index contributed by atoms with van der Waals surface area (Å²) in [4.78, 5) is 23.0. The quantitative estimate of drug-likeness (QED) is 0.800. The number of hydrogen-bond acceptors (Lipinski definition) is 3. The molecule has 4 heteroatoms. The summed E-state index contributed by atoms with van der Waals surface area (Å²) in [5, 5.41) is 9.02. The van der Waals surface area contributed by atoms with E-state index < -0.39 is 11.9 Å². The number of rotatable bonds is 6. The summed E-state index contributed by atoms with van der Waals surface area (Å²) in [7, 11) is 0. The molecule has 1 N–H and O–H groups in total. The molecule has 0 aliphatic carbocycles. The molecule has 0 saturated carbocycles. The van der Waals surface area contributed by atoms with Crippen LogP contribution in [0.15, 0.2) is 24.3 Å². The SMILES string of the molecule is CC(C)CCC(C)OC(=O)c1ccccc1C(=O)O. The molecule has 1 atom stereocenters. The van der Waals surface area contributed by atoms with E-state index >= 15 is 0 Å². The molecule has 4 nitrogen and oxygen atoms in total. The van der Waals surface area contributed by atoms with Gasteiger partial charge in [0.15, 0.2) is 0 Å². The predicted octanol–water partition coefficient (Wildman–Crippen LogP) is 3.37. The van der Waals surface area contributed by atoms with E-state index in [1.54, 1.807) is 12.1 Å². The van der Waals surface area contributed by atoms with Crippen molar-refractivity contribution in [2.45, 2.75) is 39.7 Å². The van der Waals surface area contributed by atoms with Crippen LogP contribution >= 0.6 is 0 Å². The predicted molar refractivity (Wildman–Crippen MR) is 72.4 cm³/mol. The van der Waals surface area contributed by atoms with E-state index in [-0.39, 0.29) is 17.2 Å². The van der Waals surface area contributed by atoms with E-state index in [1.807, 2.05) is 6.92 Å². The second-order valence-electron chi connectivity index (χ2n) is 5.04. The van der Waals surface area contributed by atoms with Crippen LogP contribution in [0.3, 0.4) is 0 Å². The number of hydrogen-bond donors (Lipinski definition) is 1. The summed E-state index contributed by atoms with van der Waals surface area (Å²) < 4.78 is 5.28. The van der Waals surface area contributed by atoms with Gasteiger partial charge < -0.3 is 9.84 Å². The fourth-order valence-corrected chi connectivity index (χ4v) is 1.72. The molecule has 0 heterocycles. The lowest BCUT2D eigenvalue weighted by Crippen LogP contribution is -2.18. The number of carbonyl (C=O) groups excluding carboxylic acids is 1. The molecule has 1 rings (SSSR count). The first kappa shape index (κ1) is 15.2. The van der Waals surface area contributed by atoms with E-state index in [4.69, 9.17) is 9.84 Å². The Bertz CT molecular complexity index is 451. The van der Waals surface area contributed by atoms with Crippen molar-refractivity contribution in [2.24, 2.45) is 5.92 Å². The van der Waals surface area contributed by atoms with Crippen LogP contribution in [-0.4, -0.2) is 23.1 Å². The molecule has 0 amide bonds. The number of carboxylic acid groups (broad SMARTS) is 1. The molecule has 0 radical (unpaired) electrons. The Morgan fingerprint density at radius 1 is 1.11 bits per heavy atom. The Balaban J connectivity index is 2.70. The zero-order valence-corrected chi connectivity index (χ0v) is 11.6. The summed E-state index contributed by atoms with van der Waals surface area (Å²) in [6.07, 6.45) is 1.53. The highest BCUT2D eigenvalue weighted by Gasteiger charge is 2.19. The summed E-state index contributed by atoms with van der Waals surface area (Å²) in [6, 6.07) is 6.09. The smallest absolute Gasteiger partial charge is 0.339 e. The Hall–Kier alpha value is -1.84. The van der Waals surface area contributed by atoms with Crippen LogP contribution < -0.4 is 0 Å². The minimum absolute atomic E-state index is 0.0245. The minimum atomic E-state index is -1.12. The van der Waals surface area contributed by atoms with Gasteiger partial charge in [-0.3, -0.25) is 0 Å². The van der Waals surface area contributed by atoms with E-state index in [0.717, 1.165) is 12.8 Å². The van der Waals surface area contributed by atoms with Crippen LogP contribution in [0.2, 0.25) is 0 Å². The second-order valence-corrected chi connectivity index (χ2v) is 5.04. The molecule has 0 aliphatic heterocycles. The fraction of sp³-hybridized carbons (Fsp3) is 0.467. The van der Waals surface area contributed by atoms with Crippen molar-refractivity contribution in [3.8, 4) is 0 Å². The van der Waals surface area contributed by atoms with Crippen LogP contribution in [-0.2, 0) is 4.74 Å². The molecule has 19 heavy (non-hydrogen) atoms. The van der Waals surface area contributed by atoms with Gasteiger partial charge in [-0.25, -0.2) is 9.59 Å². The zero-order valence-electron chi connectivity index (χ0n) is 11.6. The summed E-state index contributed by atoms with van der Waals surface area (Å²) in [5.41, 5.74) is 0.0787. The molecule has 0 spiro atoms. The van der Waals surface area contributed by atoms with E-state index in [9.17, 15) is 9.59 Å². The van der Waals surface area contributed by atoms with Crippen LogP contribution in [0.1, 0.15) is 54.3 Å². The van der Waals surface area contributed by atoms with Gasteiger partial charge in [-0.15, -0.1) is 0 Å². The summed E-state index contributed by atoms with van der Waals surface area (Å²) in [5.74, 6) is -1.15. The zero-order chi connectivity index (χ0) is 14.4. The highest BCUT2D eigenvalue weighted by Crippen LogP contribution is 2.14. The number of carbonyl (C=O) groups is 2. The molecule has 0 bridgehead atoms. The van der Waals surface area contributed by atoms with Crippen molar-refractivity contribution in [3.05, 3.63) is 35.4 Å². The number of aromatic carboxylic acids is 1. The lowest BCUT2D eigenvalue weighted by Gasteiger charge is -2.15. The number of carboxylic acids is 1. The maximum absolute atomic E-state index is 11.9. The Morgan fingerprint density at radius 2 is 1.68 bits per heavy atom. The third kappa shape index (κ3) is 4.73. The fourth-order valence-electron chi connectivity index (χ4n) is 1.72. The van der Waals surface area contributed by atoms with Crippen LogP contribution in [0.4, 0.5) is 0 Å². The van der Waals surface area contributed by atoms with Crippen molar-refractivity contribution in [1.29, 1.82) is 0 Å². The van der Waals surface area contributed by atoms with Gasteiger partial charge in [0, 0.05) is 0 Å². The normalized spacial score (nSPS) is 12.2. The number of esters is 1. The van der Waals surface area contributed by atoms with Gasteiger partial charge in [-0.05, 0) is 37.8 Å². The van der Waals surface area contributed by atoms with Gasteiger partial charge in [-0.2, -0.15) is 0 Å². The first-order valence-electron chi connectivity index (χ1n) is 6.45. The van der Waals surface area contributed by atoms with Gasteiger partial charge >= 0.3 is 11.9 Å². The minimum Gasteiger partial charge on any atom is -0.478 e. The molecule has 0 fully saturated rings. The first-order valence-corrected chi connectivity index (χ1v) is 6.45. The van der Waals surface area contributed by atoms with E-state index in [0.29, 0.717) is 5.92 Å². The van der Waals surface area contributed by atoms with Crippen molar-refractivity contribution in [3.63, 3.8) is 0 Å². The van der Waals surface area contributed by atoms with E-state index in [2.05, 4.69) is 13.8 Å². The highest BCUT2D eigenvalue weighted by atomic mass is 16.5. The van der Waals surface area contributed by atoms with Gasteiger partial charge in [0.05, 0.1) is 17.2 Å². The van der Waals surface area contributed by atoms with Gasteiger partial charge in [0.2, 0.25) is 0 Å².